The van der Waals surface area contributed by atoms with Crippen molar-refractivity contribution in [3.05, 3.63) is 35.4 Å². The minimum atomic E-state index is -4.25. The maximum atomic E-state index is 12.6. The van der Waals surface area contributed by atoms with Crippen molar-refractivity contribution in [3.63, 3.8) is 0 Å². The first kappa shape index (κ1) is 12.4. The summed E-state index contributed by atoms with van der Waals surface area (Å²) in [5, 5.41) is 3.33. The van der Waals surface area contributed by atoms with Gasteiger partial charge in [0.05, 0.1) is 5.56 Å². The molecule has 1 N–H and O–H groups in total. The van der Waals surface area contributed by atoms with E-state index in [1.54, 1.807) is 6.07 Å². The first-order valence-corrected chi connectivity index (χ1v) is 5.93. The molecule has 1 saturated heterocycles. The second-order valence-electron chi connectivity index (χ2n) is 4.49. The molecule has 0 saturated carbocycles. The molecule has 2 atom stereocenters. The van der Waals surface area contributed by atoms with Gasteiger partial charge in [0.15, 0.2) is 0 Å². The summed E-state index contributed by atoms with van der Waals surface area (Å²) in [5.41, 5.74) is 0.258. The molecule has 0 aliphatic carbocycles. The molecular formula is C13H16F3N. The Morgan fingerprint density at radius 3 is 2.76 bits per heavy atom. The molecule has 94 valence electrons. The molecule has 1 fully saturated rings. The molecule has 0 amide bonds. The van der Waals surface area contributed by atoms with Crippen LogP contribution in [0.5, 0.6) is 0 Å². The van der Waals surface area contributed by atoms with Crippen molar-refractivity contribution in [1.29, 1.82) is 0 Å². The van der Waals surface area contributed by atoms with Gasteiger partial charge in [-0.05, 0) is 31.0 Å². The lowest BCUT2D eigenvalue weighted by Crippen LogP contribution is -2.24. The summed E-state index contributed by atoms with van der Waals surface area (Å²) in [4.78, 5) is 0. The minimum absolute atomic E-state index is 0.210. The molecule has 1 aromatic rings. The molecule has 1 nitrogen and oxygen atoms in total. The van der Waals surface area contributed by atoms with E-state index >= 15 is 0 Å². The highest BCUT2D eigenvalue weighted by molar-refractivity contribution is 5.30. The van der Waals surface area contributed by atoms with E-state index in [9.17, 15) is 13.2 Å². The second-order valence-corrected chi connectivity index (χ2v) is 4.49. The Morgan fingerprint density at radius 2 is 2.12 bits per heavy atom. The van der Waals surface area contributed by atoms with Crippen LogP contribution in [0, 0.1) is 0 Å². The average Bonchev–Trinajstić information content (AvgIpc) is 2.76. The van der Waals surface area contributed by atoms with E-state index in [0.29, 0.717) is 6.04 Å². The third kappa shape index (κ3) is 2.63. The zero-order chi connectivity index (χ0) is 12.5. The van der Waals surface area contributed by atoms with Crippen LogP contribution >= 0.6 is 0 Å². The molecule has 1 aliphatic rings. The quantitative estimate of drug-likeness (QED) is 0.837. The molecule has 2 unspecified atom stereocenters. The fraction of sp³-hybridized carbons (Fsp3) is 0.538. The van der Waals surface area contributed by atoms with Gasteiger partial charge < -0.3 is 5.32 Å². The van der Waals surface area contributed by atoms with Crippen LogP contribution in [0.15, 0.2) is 24.3 Å². The Bertz CT molecular complexity index is 386. The van der Waals surface area contributed by atoms with Crippen molar-refractivity contribution in [2.75, 3.05) is 6.54 Å². The van der Waals surface area contributed by atoms with Crippen molar-refractivity contribution < 1.29 is 13.2 Å². The zero-order valence-corrected chi connectivity index (χ0v) is 9.72. The number of hydrogen-bond donors (Lipinski definition) is 1. The SMILES string of the molecule is CCC1NCCC1c1cccc(C(F)(F)F)c1. The van der Waals surface area contributed by atoms with Gasteiger partial charge in [-0.3, -0.25) is 0 Å². The maximum Gasteiger partial charge on any atom is 0.416 e. The number of benzene rings is 1. The van der Waals surface area contributed by atoms with Crippen molar-refractivity contribution in [1.82, 2.24) is 5.32 Å². The third-order valence-corrected chi connectivity index (χ3v) is 3.43. The predicted octanol–water partition coefficient (Wildman–Crippen LogP) is 3.56. The van der Waals surface area contributed by atoms with E-state index < -0.39 is 11.7 Å². The third-order valence-electron chi connectivity index (χ3n) is 3.43. The molecule has 0 aromatic heterocycles. The normalized spacial score (nSPS) is 25.2. The van der Waals surface area contributed by atoms with Crippen LogP contribution in [0.4, 0.5) is 13.2 Å². The molecular weight excluding hydrogens is 227 g/mol. The van der Waals surface area contributed by atoms with Crippen molar-refractivity contribution in [2.45, 2.75) is 37.9 Å². The maximum absolute atomic E-state index is 12.6. The summed E-state index contributed by atoms with van der Waals surface area (Å²) >= 11 is 0. The highest BCUT2D eigenvalue weighted by atomic mass is 19.4. The molecule has 0 radical (unpaired) electrons. The van der Waals surface area contributed by atoms with Gasteiger partial charge >= 0.3 is 6.18 Å². The topological polar surface area (TPSA) is 12.0 Å². The van der Waals surface area contributed by atoms with Crippen LogP contribution in [0.3, 0.4) is 0 Å². The monoisotopic (exact) mass is 243 g/mol. The van der Waals surface area contributed by atoms with Crippen LogP contribution in [-0.2, 0) is 6.18 Å². The van der Waals surface area contributed by atoms with Crippen LogP contribution in [0.2, 0.25) is 0 Å². The summed E-state index contributed by atoms with van der Waals surface area (Å²) in [5.74, 6) is 0.210. The molecule has 17 heavy (non-hydrogen) atoms. The van der Waals surface area contributed by atoms with Crippen LogP contribution < -0.4 is 5.32 Å². The number of alkyl halides is 3. The van der Waals surface area contributed by atoms with Crippen molar-refractivity contribution in [2.24, 2.45) is 0 Å². The van der Waals surface area contributed by atoms with E-state index in [2.05, 4.69) is 12.2 Å². The largest absolute Gasteiger partial charge is 0.416 e. The van der Waals surface area contributed by atoms with E-state index in [0.717, 1.165) is 31.0 Å². The van der Waals surface area contributed by atoms with E-state index in [4.69, 9.17) is 0 Å². The lowest BCUT2D eigenvalue weighted by molar-refractivity contribution is -0.137. The van der Waals surface area contributed by atoms with Gasteiger partial charge in [0.1, 0.15) is 0 Å². The van der Waals surface area contributed by atoms with E-state index in [1.807, 2.05) is 0 Å². The van der Waals surface area contributed by atoms with Crippen LogP contribution in [0.25, 0.3) is 0 Å². The Labute approximate surface area is 99.0 Å². The summed E-state index contributed by atoms with van der Waals surface area (Å²) in [6.07, 6.45) is -2.38. The number of hydrogen-bond acceptors (Lipinski definition) is 1. The number of nitrogens with one attached hydrogen (secondary N) is 1. The summed E-state index contributed by atoms with van der Waals surface area (Å²) < 4.78 is 37.9. The second kappa shape index (κ2) is 4.69. The van der Waals surface area contributed by atoms with Crippen molar-refractivity contribution >= 4 is 0 Å². The molecule has 4 heteroatoms. The first-order chi connectivity index (χ1) is 8.02. The lowest BCUT2D eigenvalue weighted by atomic mass is 9.89. The first-order valence-electron chi connectivity index (χ1n) is 5.93. The molecule has 1 heterocycles. The Kier molecular flexibility index (Phi) is 3.43. The zero-order valence-electron chi connectivity index (χ0n) is 9.72. The molecule has 0 bridgehead atoms. The summed E-state index contributed by atoms with van der Waals surface area (Å²) in [6.45, 7) is 2.95. The molecule has 0 spiro atoms. The highest BCUT2D eigenvalue weighted by Crippen LogP contribution is 2.34. The Morgan fingerprint density at radius 1 is 1.35 bits per heavy atom. The Hall–Kier alpha value is -1.03. The van der Waals surface area contributed by atoms with Gasteiger partial charge in [0.25, 0.3) is 0 Å². The average molecular weight is 243 g/mol. The molecule has 2 rings (SSSR count). The van der Waals surface area contributed by atoms with Crippen LogP contribution in [0.1, 0.15) is 36.8 Å². The van der Waals surface area contributed by atoms with Crippen LogP contribution in [-0.4, -0.2) is 12.6 Å². The van der Waals surface area contributed by atoms with Gasteiger partial charge in [-0.15, -0.1) is 0 Å². The summed E-state index contributed by atoms with van der Waals surface area (Å²) in [6, 6.07) is 6.03. The van der Waals surface area contributed by atoms with E-state index in [-0.39, 0.29) is 5.92 Å². The minimum Gasteiger partial charge on any atom is -0.313 e. The lowest BCUT2D eigenvalue weighted by Gasteiger charge is -2.19. The smallest absolute Gasteiger partial charge is 0.313 e. The van der Waals surface area contributed by atoms with Gasteiger partial charge in [-0.25, -0.2) is 0 Å². The van der Waals surface area contributed by atoms with Gasteiger partial charge in [0.2, 0.25) is 0 Å². The Balaban J connectivity index is 2.27. The van der Waals surface area contributed by atoms with E-state index in [1.165, 1.54) is 12.1 Å². The number of halogens is 3. The van der Waals surface area contributed by atoms with Gasteiger partial charge in [0, 0.05) is 12.0 Å². The highest BCUT2D eigenvalue weighted by Gasteiger charge is 2.32. The van der Waals surface area contributed by atoms with Crippen molar-refractivity contribution in [3.8, 4) is 0 Å². The van der Waals surface area contributed by atoms with Gasteiger partial charge in [-0.2, -0.15) is 13.2 Å². The van der Waals surface area contributed by atoms with Gasteiger partial charge in [-0.1, -0.05) is 25.1 Å². The fourth-order valence-corrected chi connectivity index (χ4v) is 2.54. The molecule has 1 aromatic carbocycles. The number of rotatable bonds is 2. The predicted molar refractivity (Wildman–Crippen MR) is 60.9 cm³/mol. The standard InChI is InChI=1S/C13H16F3N/c1-2-12-11(6-7-17-12)9-4-3-5-10(8-9)13(14,15)16/h3-5,8,11-12,17H,2,6-7H2,1H3. The molecule has 1 aliphatic heterocycles. The fourth-order valence-electron chi connectivity index (χ4n) is 2.54. The summed E-state index contributed by atoms with van der Waals surface area (Å²) in [7, 11) is 0.